The molecule has 0 unspecified atom stereocenters. The van der Waals surface area contributed by atoms with Gasteiger partial charge in [0.25, 0.3) is 0 Å². The van der Waals surface area contributed by atoms with Gasteiger partial charge in [-0.15, -0.1) is 0 Å². The maximum absolute atomic E-state index is 5.35. The lowest BCUT2D eigenvalue weighted by Gasteiger charge is -2.07. The topological polar surface area (TPSA) is 18.5 Å². The fourth-order valence-corrected chi connectivity index (χ4v) is 1.86. The molecule has 1 rings (SSSR count). The summed E-state index contributed by atoms with van der Waals surface area (Å²) >= 11 is 0. The molecule has 0 aromatic heterocycles. The van der Waals surface area contributed by atoms with Gasteiger partial charge in [0.15, 0.2) is 0 Å². The number of hydrogen-bond acceptors (Lipinski definition) is 2. The Bertz CT molecular complexity index is 369. The van der Waals surface area contributed by atoms with Crippen molar-refractivity contribution in [2.45, 2.75) is 39.0 Å². The number of ether oxygens (including phenoxy) is 2. The van der Waals surface area contributed by atoms with Gasteiger partial charge in [0, 0.05) is 11.6 Å². The summed E-state index contributed by atoms with van der Waals surface area (Å²) < 4.78 is 10.5. The molecule has 0 saturated carbocycles. The molecule has 0 atom stereocenters. The molecule has 1 aromatic rings. The van der Waals surface area contributed by atoms with Crippen molar-refractivity contribution >= 4 is 6.08 Å². The molecule has 2 nitrogen and oxygen atoms in total. The minimum absolute atomic E-state index is 0.826. The van der Waals surface area contributed by atoms with Crippen molar-refractivity contribution in [2.24, 2.45) is 0 Å². The molecule has 1 aromatic carbocycles. The third-order valence-corrected chi connectivity index (χ3v) is 2.96. The third kappa shape index (κ3) is 4.82. The Kier molecular flexibility index (Phi) is 7.00. The number of allylic oxidation sites excluding steroid dienone is 1. The average molecular weight is 248 g/mol. The highest BCUT2D eigenvalue weighted by Gasteiger charge is 2.01. The standard InChI is InChI=1S/C16H24O2/c1-4-5-6-7-8-9-10-14-11-12-15(17-2)13-16(14)18-3/h9-13H,4-8H2,1-3H3/b10-9+. The number of benzene rings is 1. The minimum Gasteiger partial charge on any atom is -0.497 e. The van der Waals surface area contributed by atoms with Gasteiger partial charge in [0.05, 0.1) is 14.2 Å². The molecule has 0 fully saturated rings. The summed E-state index contributed by atoms with van der Waals surface area (Å²) in [5.41, 5.74) is 1.11. The van der Waals surface area contributed by atoms with Gasteiger partial charge in [-0.1, -0.05) is 38.3 Å². The Morgan fingerprint density at radius 3 is 2.56 bits per heavy atom. The largest absolute Gasteiger partial charge is 0.497 e. The second-order valence-corrected chi connectivity index (χ2v) is 4.36. The average Bonchev–Trinajstić information content (AvgIpc) is 2.42. The van der Waals surface area contributed by atoms with Crippen LogP contribution in [0.15, 0.2) is 24.3 Å². The first-order valence-electron chi connectivity index (χ1n) is 6.70. The lowest BCUT2D eigenvalue weighted by atomic mass is 10.1. The number of hydrogen-bond donors (Lipinski definition) is 0. The lowest BCUT2D eigenvalue weighted by Crippen LogP contribution is -1.89. The summed E-state index contributed by atoms with van der Waals surface area (Å²) in [6, 6.07) is 5.90. The van der Waals surface area contributed by atoms with Crippen LogP contribution in [0.3, 0.4) is 0 Å². The van der Waals surface area contributed by atoms with Crippen LogP contribution in [0.5, 0.6) is 11.5 Å². The van der Waals surface area contributed by atoms with Gasteiger partial charge in [0.1, 0.15) is 11.5 Å². The monoisotopic (exact) mass is 248 g/mol. The van der Waals surface area contributed by atoms with E-state index >= 15 is 0 Å². The van der Waals surface area contributed by atoms with Crippen molar-refractivity contribution < 1.29 is 9.47 Å². The number of methoxy groups -OCH3 is 2. The molecular formula is C16H24O2. The Morgan fingerprint density at radius 2 is 1.89 bits per heavy atom. The van der Waals surface area contributed by atoms with Gasteiger partial charge < -0.3 is 9.47 Å². The zero-order valence-electron chi connectivity index (χ0n) is 11.7. The van der Waals surface area contributed by atoms with E-state index in [1.54, 1.807) is 14.2 Å². The molecule has 0 bridgehead atoms. The second kappa shape index (κ2) is 8.62. The molecule has 0 N–H and O–H groups in total. The van der Waals surface area contributed by atoms with Crippen molar-refractivity contribution in [1.82, 2.24) is 0 Å². The summed E-state index contributed by atoms with van der Waals surface area (Å²) in [7, 11) is 3.35. The molecule has 0 aliphatic carbocycles. The van der Waals surface area contributed by atoms with E-state index in [1.807, 2.05) is 18.2 Å². The molecular weight excluding hydrogens is 224 g/mol. The summed E-state index contributed by atoms with van der Waals surface area (Å²) in [5, 5.41) is 0. The zero-order valence-corrected chi connectivity index (χ0v) is 11.7. The first kappa shape index (κ1) is 14.6. The van der Waals surface area contributed by atoms with E-state index in [0.29, 0.717) is 0 Å². The molecule has 0 spiro atoms. The van der Waals surface area contributed by atoms with Crippen molar-refractivity contribution in [2.75, 3.05) is 14.2 Å². The Hall–Kier alpha value is -1.44. The van der Waals surface area contributed by atoms with Crippen LogP contribution in [0.2, 0.25) is 0 Å². The van der Waals surface area contributed by atoms with Crippen LogP contribution in [0.1, 0.15) is 44.6 Å². The zero-order chi connectivity index (χ0) is 13.2. The summed E-state index contributed by atoms with van der Waals surface area (Å²) in [4.78, 5) is 0. The highest BCUT2D eigenvalue weighted by Crippen LogP contribution is 2.25. The summed E-state index contributed by atoms with van der Waals surface area (Å²) in [5.74, 6) is 1.69. The van der Waals surface area contributed by atoms with Crippen LogP contribution in [-0.2, 0) is 0 Å². The molecule has 0 aliphatic heterocycles. The van der Waals surface area contributed by atoms with E-state index in [2.05, 4.69) is 19.1 Å². The third-order valence-electron chi connectivity index (χ3n) is 2.96. The normalized spacial score (nSPS) is 10.8. The molecule has 2 heteroatoms. The van der Waals surface area contributed by atoms with E-state index in [4.69, 9.17) is 9.47 Å². The molecule has 0 radical (unpaired) electrons. The first-order chi connectivity index (χ1) is 8.81. The SMILES string of the molecule is CCCCCC/C=C/c1ccc(OC)cc1OC. The predicted molar refractivity (Wildman–Crippen MR) is 77.3 cm³/mol. The van der Waals surface area contributed by atoms with E-state index in [-0.39, 0.29) is 0 Å². The Labute approximate surface area is 111 Å². The number of rotatable bonds is 8. The fourth-order valence-electron chi connectivity index (χ4n) is 1.86. The quantitative estimate of drug-likeness (QED) is 0.621. The van der Waals surface area contributed by atoms with Crippen LogP contribution in [-0.4, -0.2) is 14.2 Å². The highest BCUT2D eigenvalue weighted by atomic mass is 16.5. The van der Waals surface area contributed by atoms with Crippen molar-refractivity contribution in [3.8, 4) is 11.5 Å². The molecule has 0 saturated heterocycles. The van der Waals surface area contributed by atoms with Crippen LogP contribution in [0, 0.1) is 0 Å². The maximum atomic E-state index is 5.35. The Morgan fingerprint density at radius 1 is 1.06 bits per heavy atom. The molecule has 100 valence electrons. The molecule has 0 heterocycles. The van der Waals surface area contributed by atoms with Crippen LogP contribution in [0.4, 0.5) is 0 Å². The molecule has 0 aliphatic rings. The van der Waals surface area contributed by atoms with Crippen molar-refractivity contribution in [3.05, 3.63) is 29.8 Å². The van der Waals surface area contributed by atoms with E-state index in [0.717, 1.165) is 23.5 Å². The smallest absolute Gasteiger partial charge is 0.129 e. The summed E-state index contributed by atoms with van der Waals surface area (Å²) in [6.45, 7) is 2.23. The van der Waals surface area contributed by atoms with Gasteiger partial charge >= 0.3 is 0 Å². The van der Waals surface area contributed by atoms with Gasteiger partial charge in [-0.3, -0.25) is 0 Å². The Balaban J connectivity index is 2.52. The van der Waals surface area contributed by atoms with E-state index in [1.165, 1.54) is 25.7 Å². The molecule has 0 amide bonds. The first-order valence-corrected chi connectivity index (χ1v) is 6.70. The summed E-state index contributed by atoms with van der Waals surface area (Å²) in [6.07, 6.45) is 10.7. The lowest BCUT2D eigenvalue weighted by molar-refractivity contribution is 0.393. The molecule has 18 heavy (non-hydrogen) atoms. The van der Waals surface area contributed by atoms with E-state index in [9.17, 15) is 0 Å². The highest BCUT2D eigenvalue weighted by molar-refractivity contribution is 5.59. The number of unbranched alkanes of at least 4 members (excludes halogenated alkanes) is 4. The van der Waals surface area contributed by atoms with Crippen LogP contribution >= 0.6 is 0 Å². The van der Waals surface area contributed by atoms with Gasteiger partial charge in [-0.25, -0.2) is 0 Å². The van der Waals surface area contributed by atoms with Crippen LogP contribution < -0.4 is 9.47 Å². The minimum atomic E-state index is 0.826. The van der Waals surface area contributed by atoms with Gasteiger partial charge in [-0.2, -0.15) is 0 Å². The second-order valence-electron chi connectivity index (χ2n) is 4.36. The fraction of sp³-hybridized carbons (Fsp3) is 0.500. The van der Waals surface area contributed by atoms with Gasteiger partial charge in [-0.05, 0) is 25.0 Å². The van der Waals surface area contributed by atoms with E-state index < -0.39 is 0 Å². The van der Waals surface area contributed by atoms with Crippen molar-refractivity contribution in [1.29, 1.82) is 0 Å². The van der Waals surface area contributed by atoms with Gasteiger partial charge in [0.2, 0.25) is 0 Å². The predicted octanol–water partition coefficient (Wildman–Crippen LogP) is 4.69. The van der Waals surface area contributed by atoms with Crippen LogP contribution in [0.25, 0.3) is 6.08 Å². The van der Waals surface area contributed by atoms with Crippen molar-refractivity contribution in [3.63, 3.8) is 0 Å². The maximum Gasteiger partial charge on any atom is 0.129 e.